The summed E-state index contributed by atoms with van der Waals surface area (Å²) in [5.74, 6) is 0.587. The highest BCUT2D eigenvalue weighted by Crippen LogP contribution is 1.98. The zero-order valence-electron chi connectivity index (χ0n) is 6.14. The van der Waals surface area contributed by atoms with Crippen molar-refractivity contribution in [2.45, 2.75) is 0 Å². The van der Waals surface area contributed by atoms with E-state index < -0.39 is 0 Å². The molecule has 0 aliphatic rings. The minimum Gasteiger partial charge on any atom is -0.337 e. The third kappa shape index (κ3) is 1.14. The summed E-state index contributed by atoms with van der Waals surface area (Å²) >= 11 is 4.99. The monoisotopic (exact) mass is 178 g/mol. The topological polar surface area (TPSA) is 46.5 Å². The van der Waals surface area contributed by atoms with Crippen molar-refractivity contribution >= 4 is 12.2 Å². The third-order valence-corrected chi connectivity index (χ3v) is 1.73. The highest BCUT2D eigenvalue weighted by atomic mass is 32.1. The quantitative estimate of drug-likeness (QED) is 0.670. The first-order valence-electron chi connectivity index (χ1n) is 3.41. The van der Waals surface area contributed by atoms with Gasteiger partial charge in [-0.1, -0.05) is 0 Å². The van der Waals surface area contributed by atoms with E-state index >= 15 is 0 Å². The number of H-pyrrole nitrogens is 1. The standard InChI is InChI=1S/C7H6N4S/c12-7-10-4-5-11(7)6-8-2-1-3-9-6/h1-5H,(H,10,12). The fourth-order valence-electron chi connectivity index (χ4n) is 0.893. The Morgan fingerprint density at radius 3 is 2.67 bits per heavy atom. The number of hydrogen-bond donors (Lipinski definition) is 1. The van der Waals surface area contributed by atoms with E-state index in [4.69, 9.17) is 12.2 Å². The van der Waals surface area contributed by atoms with Gasteiger partial charge in [0.25, 0.3) is 0 Å². The Hall–Kier alpha value is -1.49. The van der Waals surface area contributed by atoms with Crippen molar-refractivity contribution in [2.75, 3.05) is 0 Å². The summed E-state index contributed by atoms with van der Waals surface area (Å²) in [7, 11) is 0. The van der Waals surface area contributed by atoms with Gasteiger partial charge in [0.2, 0.25) is 5.95 Å². The van der Waals surface area contributed by atoms with Crippen LogP contribution in [0.5, 0.6) is 0 Å². The predicted molar refractivity (Wildman–Crippen MR) is 46.5 cm³/mol. The van der Waals surface area contributed by atoms with Gasteiger partial charge in [-0.05, 0) is 18.3 Å². The second-order valence-electron chi connectivity index (χ2n) is 2.18. The molecule has 2 rings (SSSR count). The molecule has 5 heteroatoms. The fraction of sp³-hybridized carbons (Fsp3) is 0. The van der Waals surface area contributed by atoms with Gasteiger partial charge in [-0.3, -0.25) is 4.57 Å². The van der Waals surface area contributed by atoms with E-state index in [0.29, 0.717) is 10.7 Å². The summed E-state index contributed by atoms with van der Waals surface area (Å²) in [4.78, 5) is 11.0. The molecule has 2 aromatic heterocycles. The number of hydrogen-bond acceptors (Lipinski definition) is 3. The van der Waals surface area contributed by atoms with Crippen LogP contribution in [-0.2, 0) is 0 Å². The van der Waals surface area contributed by atoms with Crippen LogP contribution in [0.4, 0.5) is 0 Å². The van der Waals surface area contributed by atoms with Crippen LogP contribution in [0.3, 0.4) is 0 Å². The minimum absolute atomic E-state index is 0.587. The Morgan fingerprint density at radius 1 is 1.33 bits per heavy atom. The van der Waals surface area contributed by atoms with Crippen molar-refractivity contribution < 1.29 is 0 Å². The molecule has 0 spiro atoms. The Bertz CT molecular complexity index is 416. The van der Waals surface area contributed by atoms with E-state index in [2.05, 4.69) is 15.0 Å². The summed E-state index contributed by atoms with van der Waals surface area (Å²) in [6.07, 6.45) is 6.89. The maximum atomic E-state index is 4.99. The van der Waals surface area contributed by atoms with E-state index in [0.717, 1.165) is 0 Å². The normalized spacial score (nSPS) is 10.0. The lowest BCUT2D eigenvalue weighted by Crippen LogP contribution is -1.97. The molecule has 0 amide bonds. The van der Waals surface area contributed by atoms with Crippen LogP contribution in [0.2, 0.25) is 0 Å². The van der Waals surface area contributed by atoms with Crippen LogP contribution < -0.4 is 0 Å². The molecule has 0 aromatic carbocycles. The molecule has 60 valence electrons. The van der Waals surface area contributed by atoms with E-state index in [1.54, 1.807) is 35.4 Å². The Labute approximate surface area is 73.9 Å². The second kappa shape index (κ2) is 2.86. The van der Waals surface area contributed by atoms with Gasteiger partial charge in [-0.15, -0.1) is 0 Å². The summed E-state index contributed by atoms with van der Waals surface area (Å²) in [6.45, 7) is 0. The highest BCUT2D eigenvalue weighted by molar-refractivity contribution is 7.71. The molecule has 1 N–H and O–H groups in total. The molecule has 12 heavy (non-hydrogen) atoms. The summed E-state index contributed by atoms with van der Waals surface area (Å²) < 4.78 is 2.30. The van der Waals surface area contributed by atoms with Crippen LogP contribution >= 0.6 is 12.2 Å². The Morgan fingerprint density at radius 2 is 2.08 bits per heavy atom. The molecule has 0 fully saturated rings. The van der Waals surface area contributed by atoms with Crippen LogP contribution in [-0.4, -0.2) is 19.5 Å². The molecule has 0 aliphatic carbocycles. The van der Waals surface area contributed by atoms with Gasteiger partial charge in [0.1, 0.15) is 0 Å². The van der Waals surface area contributed by atoms with E-state index in [9.17, 15) is 0 Å². The Balaban J connectivity index is 2.59. The van der Waals surface area contributed by atoms with Crippen LogP contribution in [0, 0.1) is 4.77 Å². The summed E-state index contributed by atoms with van der Waals surface area (Å²) in [5.41, 5.74) is 0. The zero-order chi connectivity index (χ0) is 8.39. The van der Waals surface area contributed by atoms with E-state index in [-0.39, 0.29) is 0 Å². The number of rotatable bonds is 1. The smallest absolute Gasteiger partial charge is 0.235 e. The second-order valence-corrected chi connectivity index (χ2v) is 2.57. The molecule has 0 bridgehead atoms. The van der Waals surface area contributed by atoms with Gasteiger partial charge in [-0.2, -0.15) is 0 Å². The van der Waals surface area contributed by atoms with Crippen molar-refractivity contribution in [1.82, 2.24) is 19.5 Å². The molecule has 0 atom stereocenters. The average Bonchev–Trinajstić information content (AvgIpc) is 2.53. The largest absolute Gasteiger partial charge is 0.337 e. The zero-order valence-corrected chi connectivity index (χ0v) is 6.95. The van der Waals surface area contributed by atoms with Crippen LogP contribution in [0.1, 0.15) is 0 Å². The summed E-state index contributed by atoms with van der Waals surface area (Å²) in [5, 5.41) is 0. The first-order valence-corrected chi connectivity index (χ1v) is 3.82. The van der Waals surface area contributed by atoms with Crippen molar-refractivity contribution in [3.63, 3.8) is 0 Å². The SMILES string of the molecule is S=c1[nH]ccn1-c1ncccn1. The van der Waals surface area contributed by atoms with Gasteiger partial charge in [0, 0.05) is 24.8 Å². The molecule has 0 radical (unpaired) electrons. The Kier molecular flexibility index (Phi) is 1.71. The maximum absolute atomic E-state index is 4.99. The van der Waals surface area contributed by atoms with Crippen LogP contribution in [0.25, 0.3) is 5.95 Å². The number of aromatic nitrogens is 4. The van der Waals surface area contributed by atoms with Crippen LogP contribution in [0.15, 0.2) is 30.9 Å². The van der Waals surface area contributed by atoms with Gasteiger partial charge >= 0.3 is 0 Å². The van der Waals surface area contributed by atoms with Crippen molar-refractivity contribution in [2.24, 2.45) is 0 Å². The first-order chi connectivity index (χ1) is 5.88. The van der Waals surface area contributed by atoms with Gasteiger partial charge in [0.05, 0.1) is 0 Å². The van der Waals surface area contributed by atoms with Gasteiger partial charge in [0.15, 0.2) is 4.77 Å². The molecular formula is C7H6N4S. The molecule has 2 aromatic rings. The first kappa shape index (κ1) is 7.17. The molecule has 0 unspecified atom stereocenters. The van der Waals surface area contributed by atoms with Crippen molar-refractivity contribution in [3.8, 4) is 5.95 Å². The lowest BCUT2D eigenvalue weighted by molar-refractivity contribution is 0.912. The van der Waals surface area contributed by atoms with Gasteiger partial charge < -0.3 is 4.98 Å². The molecule has 0 saturated carbocycles. The van der Waals surface area contributed by atoms with Gasteiger partial charge in [-0.25, -0.2) is 9.97 Å². The number of nitrogens with one attached hydrogen (secondary N) is 1. The minimum atomic E-state index is 0.587. The average molecular weight is 178 g/mol. The van der Waals surface area contributed by atoms with Crippen molar-refractivity contribution in [3.05, 3.63) is 35.6 Å². The third-order valence-electron chi connectivity index (χ3n) is 1.42. The molecule has 4 nitrogen and oxygen atoms in total. The summed E-state index contributed by atoms with van der Waals surface area (Å²) in [6, 6.07) is 1.76. The molecule has 0 aliphatic heterocycles. The fourth-order valence-corrected chi connectivity index (χ4v) is 1.10. The lowest BCUT2D eigenvalue weighted by atomic mass is 10.7. The molecule has 0 saturated heterocycles. The number of imidazole rings is 1. The number of aromatic amines is 1. The van der Waals surface area contributed by atoms with E-state index in [1.807, 2.05) is 0 Å². The lowest BCUT2D eigenvalue weighted by Gasteiger charge is -1.96. The highest BCUT2D eigenvalue weighted by Gasteiger charge is 1.96. The number of nitrogens with zero attached hydrogens (tertiary/aromatic N) is 3. The maximum Gasteiger partial charge on any atom is 0.235 e. The predicted octanol–water partition coefficient (Wildman–Crippen LogP) is 1.32. The van der Waals surface area contributed by atoms with E-state index in [1.165, 1.54) is 0 Å². The molecule has 2 heterocycles. The molecular weight excluding hydrogens is 172 g/mol. The van der Waals surface area contributed by atoms with Crippen molar-refractivity contribution in [1.29, 1.82) is 0 Å².